The van der Waals surface area contributed by atoms with Gasteiger partial charge in [-0.05, 0) is 61.1 Å². The first kappa shape index (κ1) is 26.6. The number of amides is 2. The van der Waals surface area contributed by atoms with Crippen LogP contribution in [-0.2, 0) is 29.5 Å². The maximum atomic E-state index is 13.4. The van der Waals surface area contributed by atoms with Gasteiger partial charge in [-0.15, -0.1) is 11.3 Å². The van der Waals surface area contributed by atoms with E-state index in [1.54, 1.807) is 30.6 Å². The monoisotopic (exact) mass is 537 g/mol. The van der Waals surface area contributed by atoms with E-state index < -0.39 is 16.1 Å². The number of pyridine rings is 1. The van der Waals surface area contributed by atoms with Crippen molar-refractivity contribution in [2.45, 2.75) is 51.4 Å². The van der Waals surface area contributed by atoms with Crippen LogP contribution in [0.25, 0.3) is 11.1 Å². The van der Waals surface area contributed by atoms with E-state index in [-0.39, 0.29) is 10.8 Å². The second-order valence-corrected chi connectivity index (χ2v) is 12.4. The number of nitrogens with one attached hydrogen (secondary N) is 2. The van der Waals surface area contributed by atoms with E-state index in [0.29, 0.717) is 23.7 Å². The molecule has 0 fully saturated rings. The van der Waals surface area contributed by atoms with Crippen LogP contribution in [0.1, 0.15) is 41.4 Å². The molecule has 0 unspecified atom stereocenters. The van der Waals surface area contributed by atoms with Gasteiger partial charge in [0.2, 0.25) is 0 Å². The Morgan fingerprint density at radius 3 is 2.51 bits per heavy atom. The number of thiophene rings is 1. The normalized spacial score (nSPS) is 11.6. The fourth-order valence-electron chi connectivity index (χ4n) is 4.09. The lowest BCUT2D eigenvalue weighted by Crippen LogP contribution is -2.39. The predicted molar refractivity (Wildman–Crippen MR) is 146 cm³/mol. The molecule has 0 saturated heterocycles. The van der Waals surface area contributed by atoms with Crippen molar-refractivity contribution in [1.82, 2.24) is 24.6 Å². The third-order valence-electron chi connectivity index (χ3n) is 5.84. The number of sulfonamides is 1. The molecule has 194 valence electrons. The highest BCUT2D eigenvalue weighted by molar-refractivity contribution is 7.92. The minimum absolute atomic E-state index is 0.120. The summed E-state index contributed by atoms with van der Waals surface area (Å²) in [4.78, 5) is 21.9. The summed E-state index contributed by atoms with van der Waals surface area (Å²) in [7, 11) is -4.11. The maximum absolute atomic E-state index is 13.4. The van der Waals surface area contributed by atoms with Gasteiger partial charge < -0.3 is 9.88 Å². The second kappa shape index (κ2) is 11.3. The van der Waals surface area contributed by atoms with Crippen molar-refractivity contribution in [3.8, 4) is 11.1 Å². The van der Waals surface area contributed by atoms with Crippen molar-refractivity contribution in [3.05, 3.63) is 88.6 Å². The van der Waals surface area contributed by atoms with Gasteiger partial charge in [0.25, 0.3) is 10.0 Å². The fraction of sp³-hybridized carbons (Fsp3) is 0.296. The Kier molecular flexibility index (Phi) is 8.09. The number of carbonyl (C=O) groups is 1. The van der Waals surface area contributed by atoms with Crippen molar-refractivity contribution in [1.29, 1.82) is 0 Å². The average Bonchev–Trinajstić information content (AvgIpc) is 3.44. The molecule has 1 aromatic carbocycles. The lowest BCUT2D eigenvalue weighted by Gasteiger charge is -2.12. The minimum Gasteiger partial charge on any atom is -0.332 e. The number of carbonyl (C=O) groups excluding carboxylic acids is 1. The van der Waals surface area contributed by atoms with Crippen LogP contribution in [0.4, 0.5) is 4.79 Å². The molecule has 2 amide bonds. The molecule has 0 aliphatic heterocycles. The van der Waals surface area contributed by atoms with Crippen molar-refractivity contribution >= 4 is 27.4 Å². The molecule has 4 aromatic rings. The van der Waals surface area contributed by atoms with Crippen molar-refractivity contribution in [3.63, 3.8) is 0 Å². The zero-order valence-electron chi connectivity index (χ0n) is 21.4. The smallest absolute Gasteiger partial charge is 0.329 e. The molecule has 37 heavy (non-hydrogen) atoms. The first-order valence-electron chi connectivity index (χ1n) is 12.0. The zero-order chi connectivity index (χ0) is 26.6. The van der Waals surface area contributed by atoms with E-state index in [1.165, 1.54) is 11.3 Å². The van der Waals surface area contributed by atoms with Gasteiger partial charge in [0.15, 0.2) is 0 Å². The topological polar surface area (TPSA) is 106 Å². The first-order chi connectivity index (χ1) is 17.6. The molecule has 0 aliphatic rings. The zero-order valence-corrected chi connectivity index (χ0v) is 23.0. The lowest BCUT2D eigenvalue weighted by molar-refractivity contribution is 0.245. The number of nitrogens with zero attached hydrogens (tertiary/aromatic N) is 3. The van der Waals surface area contributed by atoms with Crippen LogP contribution in [-0.4, -0.2) is 29.0 Å². The molecule has 8 nitrogen and oxygen atoms in total. The van der Waals surface area contributed by atoms with Crippen LogP contribution in [0.15, 0.2) is 65.3 Å². The van der Waals surface area contributed by atoms with E-state index in [1.807, 2.05) is 38.2 Å². The number of benzene rings is 1. The molecule has 4 rings (SSSR count). The quantitative estimate of drug-likeness (QED) is 0.311. The second-order valence-electron chi connectivity index (χ2n) is 9.37. The molecule has 2 N–H and O–H groups in total. The summed E-state index contributed by atoms with van der Waals surface area (Å²) in [5, 5.41) is 2.57. The minimum atomic E-state index is -4.11. The molecule has 0 spiro atoms. The van der Waals surface area contributed by atoms with Crippen molar-refractivity contribution < 1.29 is 13.2 Å². The van der Waals surface area contributed by atoms with Gasteiger partial charge in [0.1, 0.15) is 10.0 Å². The van der Waals surface area contributed by atoms with Gasteiger partial charge in [0, 0.05) is 35.6 Å². The van der Waals surface area contributed by atoms with Gasteiger partial charge in [-0.25, -0.2) is 22.9 Å². The van der Waals surface area contributed by atoms with E-state index >= 15 is 0 Å². The van der Waals surface area contributed by atoms with Gasteiger partial charge in [0.05, 0.1) is 12.2 Å². The summed E-state index contributed by atoms with van der Waals surface area (Å²) in [6, 6.07) is 12.5. The number of rotatable bonds is 9. The van der Waals surface area contributed by atoms with Crippen LogP contribution in [0.2, 0.25) is 0 Å². The molecule has 0 radical (unpaired) electrons. The van der Waals surface area contributed by atoms with Crippen molar-refractivity contribution in [2.75, 3.05) is 0 Å². The summed E-state index contributed by atoms with van der Waals surface area (Å²) in [6.45, 7) is 8.92. The number of hydrogen-bond acceptors (Lipinski definition) is 6. The Morgan fingerprint density at radius 2 is 1.86 bits per heavy atom. The number of aryl methyl sites for hydroxylation is 2. The lowest BCUT2D eigenvalue weighted by atomic mass is 9.99. The third-order valence-corrected chi connectivity index (χ3v) is 8.87. The molecule has 3 aromatic heterocycles. The maximum Gasteiger partial charge on any atom is 0.329 e. The van der Waals surface area contributed by atoms with Gasteiger partial charge in [-0.3, -0.25) is 4.98 Å². The molecule has 0 saturated carbocycles. The summed E-state index contributed by atoms with van der Waals surface area (Å²) in [6.07, 6.45) is 6.07. The summed E-state index contributed by atoms with van der Waals surface area (Å²) >= 11 is 1.21. The third kappa shape index (κ3) is 6.64. The van der Waals surface area contributed by atoms with E-state index in [4.69, 9.17) is 0 Å². The van der Waals surface area contributed by atoms with Crippen LogP contribution in [0, 0.1) is 19.8 Å². The Morgan fingerprint density at radius 1 is 1.05 bits per heavy atom. The average molecular weight is 538 g/mol. The van der Waals surface area contributed by atoms with Crippen LogP contribution >= 0.6 is 11.3 Å². The van der Waals surface area contributed by atoms with E-state index in [0.717, 1.165) is 33.8 Å². The molecule has 0 bridgehead atoms. The number of aromatic nitrogens is 3. The predicted octanol–water partition coefficient (Wildman–Crippen LogP) is 5.06. The molecular weight excluding hydrogens is 506 g/mol. The number of hydrogen-bond donors (Lipinski definition) is 2. The first-order valence-corrected chi connectivity index (χ1v) is 14.3. The number of urea groups is 1. The van der Waals surface area contributed by atoms with Crippen LogP contribution in [0.3, 0.4) is 0 Å². The van der Waals surface area contributed by atoms with Crippen LogP contribution < -0.4 is 10.0 Å². The van der Waals surface area contributed by atoms with Crippen LogP contribution in [0.5, 0.6) is 0 Å². The highest BCUT2D eigenvalue weighted by Crippen LogP contribution is 2.38. The van der Waals surface area contributed by atoms with E-state index in [9.17, 15) is 13.2 Å². The molecule has 0 aliphatic carbocycles. The Balaban J connectivity index is 1.61. The van der Waals surface area contributed by atoms with Gasteiger partial charge in [-0.1, -0.05) is 38.1 Å². The SMILES string of the molecule is Cc1cc(Cn2ccnc2C)ccc1-c1cc(CC(C)C)sc1S(=O)(=O)NC(=O)NCc1ccccn1. The molecule has 10 heteroatoms. The van der Waals surface area contributed by atoms with Gasteiger partial charge in [-0.2, -0.15) is 0 Å². The largest absolute Gasteiger partial charge is 0.332 e. The molecule has 0 atom stereocenters. The summed E-state index contributed by atoms with van der Waals surface area (Å²) < 4.78 is 31.2. The number of imidazole rings is 1. The standard InChI is InChI=1S/C27H31N5O3S2/c1-18(2)13-23-15-25(24-9-8-21(14-19(24)3)17-32-12-11-28-20(32)4)26(36-23)37(34,35)31-27(33)30-16-22-7-5-6-10-29-22/h5-12,14-15,18H,13,16-17H2,1-4H3,(H2,30,31,33). The highest BCUT2D eigenvalue weighted by Gasteiger charge is 2.26. The summed E-state index contributed by atoms with van der Waals surface area (Å²) in [5.74, 6) is 1.29. The van der Waals surface area contributed by atoms with Gasteiger partial charge >= 0.3 is 6.03 Å². The summed E-state index contributed by atoms with van der Waals surface area (Å²) in [5.41, 5.74) is 4.12. The highest BCUT2D eigenvalue weighted by atomic mass is 32.2. The Bertz CT molecular complexity index is 1490. The Hall–Kier alpha value is -3.50. The van der Waals surface area contributed by atoms with Crippen molar-refractivity contribution in [2.24, 2.45) is 5.92 Å². The van der Waals surface area contributed by atoms with E-state index in [2.05, 4.69) is 44.5 Å². The molecular formula is C27H31N5O3S2. The fourth-order valence-corrected chi connectivity index (χ4v) is 6.95. The molecule has 3 heterocycles. The Labute approximate surface area is 221 Å².